The van der Waals surface area contributed by atoms with Crippen molar-refractivity contribution in [1.82, 2.24) is 5.32 Å². The van der Waals surface area contributed by atoms with E-state index in [1.165, 1.54) is 0 Å². The Balaban J connectivity index is -0.00000108. The van der Waals surface area contributed by atoms with Crippen molar-refractivity contribution in [1.29, 1.82) is 0 Å². The summed E-state index contributed by atoms with van der Waals surface area (Å²) in [6.45, 7) is 0. The van der Waals surface area contributed by atoms with E-state index in [0.717, 1.165) is 0 Å². The van der Waals surface area contributed by atoms with Crippen LogP contribution in [-0.4, -0.2) is 26.2 Å². The smallest absolute Gasteiger partial charge is 0.828 e. The van der Waals surface area contributed by atoms with Gasteiger partial charge in [-0.15, -0.1) is 0 Å². The van der Waals surface area contributed by atoms with E-state index in [1.807, 2.05) is 5.32 Å². The first kappa shape index (κ1) is 30.4. The van der Waals surface area contributed by atoms with Gasteiger partial charge in [-0.2, -0.15) is 0 Å². The van der Waals surface area contributed by atoms with Gasteiger partial charge in [-0.05, 0) is 27.7 Å². The van der Waals surface area contributed by atoms with Gasteiger partial charge in [-0.3, -0.25) is 8.63 Å². The number of alkyl halides is 1. The van der Waals surface area contributed by atoms with Crippen molar-refractivity contribution in [2.24, 2.45) is 0 Å². The van der Waals surface area contributed by atoms with E-state index in [4.69, 9.17) is 0 Å². The fourth-order valence-electron chi connectivity index (χ4n) is 0.882. The minimum absolute atomic E-state index is 0. The molecule has 100 valence electrons. The first-order valence-corrected chi connectivity index (χ1v) is 5.64. The van der Waals surface area contributed by atoms with Gasteiger partial charge in [0.25, 0.3) is 0 Å². The molecule has 21 heavy (non-hydrogen) atoms. The van der Waals surface area contributed by atoms with Gasteiger partial charge in [0.05, 0.1) is 0 Å². The Morgan fingerprint density at radius 2 is 1.48 bits per heavy atom. The van der Waals surface area contributed by atoms with Crippen molar-refractivity contribution in [3.63, 3.8) is 0 Å². The number of nitrogens with one attached hydrogen (secondary N) is 1. The molecule has 0 spiro atoms. The maximum absolute atomic E-state index is 12.1. The second-order valence-corrected chi connectivity index (χ2v) is 5.35. The molecule has 0 saturated heterocycles. The molecule has 0 radical (unpaired) electrons. The predicted octanol–water partition coefficient (Wildman–Crippen LogP) is -11.5. The van der Waals surface area contributed by atoms with Crippen molar-refractivity contribution < 1.29 is 196 Å². The van der Waals surface area contributed by atoms with Gasteiger partial charge >= 0.3 is 176 Å². The molecule has 0 aromatic carbocycles. The Kier molecular flexibility index (Phi) is 21.3. The van der Waals surface area contributed by atoms with Crippen LogP contribution in [0.4, 0.5) is 12.9 Å². The molecule has 0 bridgehead atoms. The fraction of sp³-hybridized carbons (Fsp3) is 0.333. The van der Waals surface area contributed by atoms with Crippen molar-refractivity contribution in [2.75, 3.05) is 0 Å². The van der Waals surface area contributed by atoms with Gasteiger partial charge in [0, 0.05) is 0 Å². The molecule has 1 rings (SSSR count). The largest absolute Gasteiger partial charge is 1.00 e. The quantitative estimate of drug-likeness (QED) is 0.234. The maximum atomic E-state index is 12.1. The normalized spacial score (nSPS) is 19.4. The summed E-state index contributed by atoms with van der Waals surface area (Å²) in [4.78, 5) is 0. The van der Waals surface area contributed by atoms with E-state index in [-0.39, 0.29) is 166 Å². The fourth-order valence-corrected chi connectivity index (χ4v) is 2.47. The Labute approximate surface area is 259 Å². The molecule has 0 aromatic rings. The van der Waals surface area contributed by atoms with Crippen LogP contribution in [0.25, 0.3) is 0 Å². The van der Waals surface area contributed by atoms with Crippen LogP contribution in [0.5, 0.6) is 0 Å². The van der Waals surface area contributed by atoms with E-state index in [2.05, 4.69) is 29.9 Å². The molecule has 1 unspecified atom stereocenters. The Hall–Kier alpha value is 4.70. The number of hydrogen-bond donors (Lipinski definition) is 1. The minimum atomic E-state index is -3.07. The van der Waals surface area contributed by atoms with Gasteiger partial charge in [0.15, 0.2) is 0 Å². The zero-order chi connectivity index (χ0) is 13.9. The zero-order valence-electron chi connectivity index (χ0n) is 11.1. The average molecular weight is 466 g/mol. The molecule has 1 aliphatic heterocycles. The van der Waals surface area contributed by atoms with Crippen molar-refractivity contribution >= 4 is 49.9 Å². The Morgan fingerprint density at radius 3 is 1.86 bits per heavy atom. The second kappa shape index (κ2) is 14.7. The molecule has 1 atom stereocenters. The summed E-state index contributed by atoms with van der Waals surface area (Å²) >= 11 is 2.90. The standard InChI is InChI=1S/C3HB3BrF3NO6S.3K/c7-3(17-6(10)14)11-1(15-4(8)12)2(18-3)16-5(9)13;;;/h11H;;;/q-3;3*+1. The summed E-state index contributed by atoms with van der Waals surface area (Å²) in [5.41, 5.74) is 0. The zero-order valence-corrected chi connectivity index (χ0v) is 22.9. The second-order valence-electron chi connectivity index (χ2n) is 2.56. The molecule has 0 amide bonds. The van der Waals surface area contributed by atoms with E-state index in [1.54, 1.807) is 0 Å². The van der Waals surface area contributed by atoms with Gasteiger partial charge in [0.1, 0.15) is 0 Å². The molecule has 0 fully saturated rings. The molecule has 7 nitrogen and oxygen atoms in total. The number of thioether (sulfide) groups is 1. The van der Waals surface area contributed by atoms with E-state index < -0.39 is 37.1 Å². The van der Waals surface area contributed by atoms with Crippen LogP contribution in [0.2, 0.25) is 0 Å². The van der Waals surface area contributed by atoms with Crippen LogP contribution < -0.4 is 175 Å². The molecule has 18 heteroatoms. The van der Waals surface area contributed by atoms with Crippen LogP contribution in [0, 0.1) is 0 Å². The first-order valence-electron chi connectivity index (χ1n) is 4.03. The van der Waals surface area contributed by atoms with Gasteiger partial charge < -0.3 is 38.7 Å². The molecular formula is C3HB3BrF3K3NO6S. The first-order chi connectivity index (χ1) is 8.22. The van der Waals surface area contributed by atoms with Crippen molar-refractivity contribution in [2.45, 2.75) is 3.97 Å². The van der Waals surface area contributed by atoms with Gasteiger partial charge in [0.2, 0.25) is 14.9 Å². The minimum Gasteiger partial charge on any atom is -0.828 e. The summed E-state index contributed by atoms with van der Waals surface area (Å²) in [5.74, 6) is -0.807. The molecule has 0 aromatic heterocycles. The Bertz CT molecular complexity index is 327. The third-order valence-corrected chi connectivity index (χ3v) is 3.13. The van der Waals surface area contributed by atoms with Crippen LogP contribution in [0.3, 0.4) is 0 Å². The molecule has 0 aliphatic carbocycles. The molecule has 0 saturated carbocycles. The van der Waals surface area contributed by atoms with Crippen LogP contribution >= 0.6 is 27.7 Å². The summed E-state index contributed by atoms with van der Waals surface area (Å²) in [5, 5.41) is 31.8. The average Bonchev–Trinajstić information content (AvgIpc) is 2.38. The third kappa shape index (κ3) is 12.7. The molecular weight excluding hydrogens is 465 g/mol. The van der Waals surface area contributed by atoms with Gasteiger partial charge in [-0.25, -0.2) is 0 Å². The van der Waals surface area contributed by atoms with Crippen molar-refractivity contribution in [3.8, 4) is 0 Å². The van der Waals surface area contributed by atoms with Crippen molar-refractivity contribution in [3.05, 3.63) is 11.0 Å². The van der Waals surface area contributed by atoms with Crippen LogP contribution in [0.15, 0.2) is 11.0 Å². The summed E-state index contributed by atoms with van der Waals surface area (Å²) in [6.07, 6.45) is 0. The SMILES string of the molecule is [K+].[K+].[K+].[O-]B(F)OC1=C(OB([O-])F)SC(Br)(OB([O-])F)N1. The molecule has 1 N–H and O–H groups in total. The maximum Gasteiger partial charge on any atom is 1.00 e. The topological polar surface area (TPSA) is 109 Å². The molecule has 1 aliphatic rings. The summed E-state index contributed by atoms with van der Waals surface area (Å²) in [6, 6.07) is 0. The van der Waals surface area contributed by atoms with Crippen LogP contribution in [-0.2, 0) is 14.0 Å². The Morgan fingerprint density at radius 1 is 1.00 bits per heavy atom. The summed E-state index contributed by atoms with van der Waals surface area (Å²) in [7, 11) is -9.13. The third-order valence-electron chi connectivity index (χ3n) is 1.33. The van der Waals surface area contributed by atoms with E-state index in [9.17, 15) is 28.0 Å². The van der Waals surface area contributed by atoms with E-state index in [0.29, 0.717) is 0 Å². The summed E-state index contributed by atoms with van der Waals surface area (Å²) < 4.78 is 46.4. The van der Waals surface area contributed by atoms with Gasteiger partial charge in [-0.1, -0.05) is 0 Å². The monoisotopic (exact) mass is 465 g/mol. The molecule has 1 heterocycles. The number of rotatable bonds is 6. The van der Waals surface area contributed by atoms with E-state index >= 15 is 0 Å². The number of halogens is 4. The van der Waals surface area contributed by atoms with Crippen LogP contribution in [0.1, 0.15) is 0 Å². The predicted molar refractivity (Wildman–Crippen MR) is 53.3 cm³/mol. The number of hydrogen-bond acceptors (Lipinski definition) is 8.